The summed E-state index contributed by atoms with van der Waals surface area (Å²) in [5.74, 6) is -1.37. The Balaban J connectivity index is 1.54. The molecular weight excluding hydrogens is 501 g/mol. The number of halogens is 3. The molecule has 0 saturated carbocycles. The number of anilines is 1. The summed E-state index contributed by atoms with van der Waals surface area (Å²) in [5.41, 5.74) is 2.48. The number of hydrazone groups is 1. The van der Waals surface area contributed by atoms with Gasteiger partial charge in [-0.1, -0.05) is 25.1 Å². The van der Waals surface area contributed by atoms with E-state index in [4.69, 9.17) is 4.74 Å². The van der Waals surface area contributed by atoms with Crippen LogP contribution in [0.15, 0.2) is 72.0 Å². The molecule has 1 atom stereocenters. The van der Waals surface area contributed by atoms with Crippen LogP contribution in [0.1, 0.15) is 41.4 Å². The maximum absolute atomic E-state index is 12.9. The van der Waals surface area contributed by atoms with Gasteiger partial charge in [0.2, 0.25) is 5.91 Å². The van der Waals surface area contributed by atoms with Gasteiger partial charge in [-0.25, -0.2) is 5.01 Å². The number of hydrogen-bond acceptors (Lipinski definition) is 6. The number of carbonyl (C=O) groups is 2. The summed E-state index contributed by atoms with van der Waals surface area (Å²) >= 11 is 0. The number of amides is 2. The van der Waals surface area contributed by atoms with Crippen molar-refractivity contribution in [2.75, 3.05) is 12.4 Å². The Morgan fingerprint density at radius 2 is 1.87 bits per heavy atom. The number of methoxy groups -OCH3 is 1. The third-order valence-electron chi connectivity index (χ3n) is 5.94. The zero-order valence-electron chi connectivity index (χ0n) is 20.7. The van der Waals surface area contributed by atoms with Crippen molar-refractivity contribution in [1.82, 2.24) is 9.99 Å². The van der Waals surface area contributed by atoms with Crippen LogP contribution in [-0.4, -0.2) is 41.0 Å². The number of ether oxygens (including phenoxy) is 2. The molecule has 0 spiro atoms. The van der Waals surface area contributed by atoms with Crippen LogP contribution >= 0.6 is 0 Å². The zero-order valence-corrected chi connectivity index (χ0v) is 20.7. The lowest BCUT2D eigenvalue weighted by atomic mass is 9.89. The van der Waals surface area contributed by atoms with Gasteiger partial charge in [-0.2, -0.15) is 5.10 Å². The van der Waals surface area contributed by atoms with Crippen molar-refractivity contribution in [2.24, 2.45) is 11.0 Å². The highest BCUT2D eigenvalue weighted by atomic mass is 19.4. The van der Waals surface area contributed by atoms with E-state index in [1.165, 1.54) is 30.4 Å². The van der Waals surface area contributed by atoms with Crippen molar-refractivity contribution in [3.8, 4) is 11.5 Å². The maximum atomic E-state index is 12.9. The molecule has 38 heavy (non-hydrogen) atoms. The molecule has 3 aromatic rings. The van der Waals surface area contributed by atoms with Crippen molar-refractivity contribution in [2.45, 2.75) is 32.7 Å². The van der Waals surface area contributed by atoms with E-state index in [1.807, 2.05) is 6.92 Å². The number of nitrogens with zero attached hydrogens (tertiary/aromatic N) is 3. The number of aromatic nitrogens is 1. The molecule has 1 N–H and O–H groups in total. The smallest absolute Gasteiger partial charge is 0.493 e. The topological polar surface area (TPSA) is 93.1 Å². The second kappa shape index (κ2) is 11.3. The minimum atomic E-state index is -4.89. The first kappa shape index (κ1) is 26.6. The van der Waals surface area contributed by atoms with Gasteiger partial charge in [0.15, 0.2) is 11.5 Å². The van der Waals surface area contributed by atoms with Gasteiger partial charge in [-0.05, 0) is 54.4 Å². The van der Waals surface area contributed by atoms with Crippen molar-refractivity contribution in [3.05, 3.63) is 83.7 Å². The predicted octanol–water partition coefficient (Wildman–Crippen LogP) is 5.40. The molecule has 2 amide bonds. The number of alkyl halides is 3. The molecule has 8 nitrogen and oxygen atoms in total. The summed E-state index contributed by atoms with van der Waals surface area (Å²) in [6.45, 7) is 2.03. The average Bonchev–Trinajstić information content (AvgIpc) is 2.90. The van der Waals surface area contributed by atoms with Gasteiger partial charge in [-0.3, -0.25) is 14.6 Å². The first-order chi connectivity index (χ1) is 18.2. The van der Waals surface area contributed by atoms with Gasteiger partial charge < -0.3 is 14.8 Å². The Morgan fingerprint density at radius 3 is 2.50 bits per heavy atom. The highest BCUT2D eigenvalue weighted by Crippen LogP contribution is 2.35. The second-order valence-electron chi connectivity index (χ2n) is 8.53. The summed E-state index contributed by atoms with van der Waals surface area (Å²) in [7, 11) is 1.25. The van der Waals surface area contributed by atoms with Crippen LogP contribution < -0.4 is 14.8 Å². The fourth-order valence-corrected chi connectivity index (χ4v) is 4.03. The number of benzene rings is 2. The lowest BCUT2D eigenvalue weighted by Gasteiger charge is -2.29. The maximum Gasteiger partial charge on any atom is 0.573 e. The highest BCUT2D eigenvalue weighted by Gasteiger charge is 2.34. The van der Waals surface area contributed by atoms with Crippen LogP contribution in [0.4, 0.5) is 18.9 Å². The summed E-state index contributed by atoms with van der Waals surface area (Å²) in [4.78, 5) is 29.2. The van der Waals surface area contributed by atoms with Crippen molar-refractivity contribution in [1.29, 1.82) is 0 Å². The molecule has 0 saturated heterocycles. The molecule has 0 bridgehead atoms. The van der Waals surface area contributed by atoms with Crippen LogP contribution in [-0.2, 0) is 11.3 Å². The molecule has 2 heterocycles. The van der Waals surface area contributed by atoms with Gasteiger partial charge in [0.1, 0.15) is 5.69 Å². The quantitative estimate of drug-likeness (QED) is 0.424. The lowest BCUT2D eigenvalue weighted by Crippen LogP contribution is -2.36. The number of pyridine rings is 1. The summed E-state index contributed by atoms with van der Waals surface area (Å²) < 4.78 is 47.9. The molecule has 1 unspecified atom stereocenters. The normalized spacial score (nSPS) is 15.6. The summed E-state index contributed by atoms with van der Waals surface area (Å²) in [6.07, 6.45) is -2.63. The molecule has 1 aliphatic heterocycles. The molecule has 0 fully saturated rings. The average molecular weight is 527 g/mol. The van der Waals surface area contributed by atoms with Gasteiger partial charge >= 0.3 is 6.36 Å². The van der Waals surface area contributed by atoms with Crippen molar-refractivity contribution < 1.29 is 32.2 Å². The second-order valence-corrected chi connectivity index (χ2v) is 8.53. The Hall–Kier alpha value is -4.41. The monoisotopic (exact) mass is 526 g/mol. The van der Waals surface area contributed by atoms with Crippen LogP contribution in [0.25, 0.3) is 0 Å². The van der Waals surface area contributed by atoms with E-state index >= 15 is 0 Å². The van der Waals surface area contributed by atoms with Gasteiger partial charge in [-0.15, -0.1) is 13.2 Å². The van der Waals surface area contributed by atoms with Crippen molar-refractivity contribution >= 4 is 23.2 Å². The van der Waals surface area contributed by atoms with Crippen LogP contribution in [0.3, 0.4) is 0 Å². The first-order valence-corrected chi connectivity index (χ1v) is 11.8. The minimum absolute atomic E-state index is 0.0707. The lowest BCUT2D eigenvalue weighted by molar-refractivity contribution is -0.275. The number of hydrogen-bond donors (Lipinski definition) is 1. The Kier molecular flexibility index (Phi) is 7.94. The third kappa shape index (κ3) is 6.47. The van der Waals surface area contributed by atoms with E-state index in [-0.39, 0.29) is 42.1 Å². The Labute approximate surface area is 217 Å². The van der Waals surface area contributed by atoms with Crippen LogP contribution in [0.2, 0.25) is 0 Å². The molecule has 2 aromatic carbocycles. The zero-order chi connectivity index (χ0) is 27.3. The molecule has 1 aliphatic rings. The standard InChI is InChI=1S/C27H25F3N4O4/c1-3-18-15-24(35)34(33-25(18)19-9-12-22(37-2)23(14-19)38-27(28,29)30)16-17-7-10-20(11-8-17)32-26(36)21-6-4-5-13-31-21/h4-14,18H,3,15-16H2,1-2H3,(H,32,36). The Morgan fingerprint density at radius 1 is 1.11 bits per heavy atom. The minimum Gasteiger partial charge on any atom is -0.493 e. The summed E-state index contributed by atoms with van der Waals surface area (Å²) in [5, 5.41) is 8.59. The molecule has 0 aliphatic carbocycles. The Bertz CT molecular complexity index is 1330. The number of nitrogens with one attached hydrogen (secondary N) is 1. The first-order valence-electron chi connectivity index (χ1n) is 11.8. The third-order valence-corrected chi connectivity index (χ3v) is 5.94. The van der Waals surface area contributed by atoms with Crippen LogP contribution in [0.5, 0.6) is 11.5 Å². The number of carbonyl (C=O) groups excluding carboxylic acids is 2. The van der Waals surface area contributed by atoms with E-state index in [9.17, 15) is 22.8 Å². The molecular formula is C27H25F3N4O4. The van der Waals surface area contributed by atoms with Gasteiger partial charge in [0, 0.05) is 29.8 Å². The molecule has 0 radical (unpaired) electrons. The SMILES string of the molecule is CCC1CC(=O)N(Cc2ccc(NC(=O)c3ccccn3)cc2)N=C1c1ccc(OC)c(OC(F)(F)F)c1. The predicted molar refractivity (Wildman–Crippen MR) is 134 cm³/mol. The van der Waals surface area contributed by atoms with Gasteiger partial charge in [0.25, 0.3) is 5.91 Å². The fraction of sp³-hybridized carbons (Fsp3) is 0.259. The fourth-order valence-electron chi connectivity index (χ4n) is 4.03. The van der Waals surface area contributed by atoms with E-state index in [0.717, 1.165) is 5.56 Å². The molecule has 198 valence electrons. The van der Waals surface area contributed by atoms with E-state index in [2.05, 4.69) is 20.1 Å². The van der Waals surface area contributed by atoms with E-state index in [1.54, 1.807) is 48.5 Å². The van der Waals surface area contributed by atoms with E-state index < -0.39 is 12.1 Å². The highest BCUT2D eigenvalue weighted by molar-refractivity contribution is 6.06. The van der Waals surface area contributed by atoms with Crippen LogP contribution in [0, 0.1) is 5.92 Å². The van der Waals surface area contributed by atoms with Gasteiger partial charge in [0.05, 0.1) is 19.4 Å². The summed E-state index contributed by atoms with van der Waals surface area (Å²) in [6, 6.07) is 16.1. The largest absolute Gasteiger partial charge is 0.573 e. The molecule has 4 rings (SSSR count). The van der Waals surface area contributed by atoms with Crippen molar-refractivity contribution in [3.63, 3.8) is 0 Å². The van der Waals surface area contributed by atoms with E-state index in [0.29, 0.717) is 23.4 Å². The molecule has 11 heteroatoms. The number of rotatable bonds is 8. The molecule has 1 aromatic heterocycles.